The Morgan fingerprint density at radius 2 is 1.89 bits per heavy atom. The van der Waals surface area contributed by atoms with Crippen molar-refractivity contribution < 1.29 is 0 Å². The van der Waals surface area contributed by atoms with Crippen LogP contribution in [-0.4, -0.2) is 23.3 Å². The van der Waals surface area contributed by atoms with Crippen molar-refractivity contribution in [2.24, 2.45) is 0 Å². The van der Waals surface area contributed by atoms with Crippen molar-refractivity contribution in [3.8, 4) is 0 Å². The Morgan fingerprint density at radius 3 is 2.53 bits per heavy atom. The van der Waals surface area contributed by atoms with Gasteiger partial charge in [0.25, 0.3) is 0 Å². The topological polar surface area (TPSA) is 37.8 Å². The normalized spacial score (nSPS) is 10.5. The van der Waals surface area contributed by atoms with E-state index < -0.39 is 0 Å². The van der Waals surface area contributed by atoms with Gasteiger partial charge in [-0.15, -0.1) is 0 Å². The van der Waals surface area contributed by atoms with Gasteiger partial charge < -0.3 is 5.32 Å². The zero-order valence-electron chi connectivity index (χ0n) is 10.3. The molecule has 7 heteroatoms. The fourth-order valence-corrected chi connectivity index (χ4v) is 2.99. The molecule has 2 aromatic rings. The molecular weight excluding hydrogens is 321 g/mol. The molecular formula is C12H11Cl2N3S2. The van der Waals surface area contributed by atoms with Gasteiger partial charge in [-0.25, -0.2) is 9.97 Å². The van der Waals surface area contributed by atoms with Crippen LogP contribution in [0.4, 0.5) is 5.82 Å². The van der Waals surface area contributed by atoms with Gasteiger partial charge >= 0.3 is 0 Å². The van der Waals surface area contributed by atoms with E-state index in [1.54, 1.807) is 6.07 Å². The standard InChI is InChI=1S/C12H11Cl2N3S2/c1-15-10-6-11(17-12(16-10)18-2)19-7-3-4-8(13)9(14)5-7/h3-6H,1-2H3,(H,15,16,17). The van der Waals surface area contributed by atoms with Crippen LogP contribution in [0.1, 0.15) is 0 Å². The number of hydrogen-bond donors (Lipinski definition) is 1. The van der Waals surface area contributed by atoms with Crippen LogP contribution >= 0.6 is 46.7 Å². The number of aromatic nitrogens is 2. The van der Waals surface area contributed by atoms with Crippen molar-refractivity contribution in [1.29, 1.82) is 0 Å². The maximum absolute atomic E-state index is 6.00. The monoisotopic (exact) mass is 331 g/mol. The van der Waals surface area contributed by atoms with Gasteiger partial charge in [-0.05, 0) is 24.5 Å². The summed E-state index contributed by atoms with van der Waals surface area (Å²) in [5.41, 5.74) is 0. The summed E-state index contributed by atoms with van der Waals surface area (Å²) in [5, 5.41) is 5.71. The van der Waals surface area contributed by atoms with E-state index in [2.05, 4.69) is 15.3 Å². The lowest BCUT2D eigenvalue weighted by molar-refractivity contribution is 0.897. The van der Waals surface area contributed by atoms with Crippen LogP contribution in [0.3, 0.4) is 0 Å². The third kappa shape index (κ3) is 3.92. The molecule has 100 valence electrons. The van der Waals surface area contributed by atoms with Gasteiger partial charge in [-0.3, -0.25) is 0 Å². The van der Waals surface area contributed by atoms with E-state index >= 15 is 0 Å². The SMILES string of the molecule is CNc1cc(Sc2ccc(Cl)c(Cl)c2)nc(SC)n1. The highest BCUT2D eigenvalue weighted by Crippen LogP contribution is 2.32. The molecule has 0 saturated heterocycles. The number of halogens is 2. The molecule has 2 rings (SSSR count). The van der Waals surface area contributed by atoms with E-state index in [4.69, 9.17) is 23.2 Å². The molecule has 1 aromatic heterocycles. The summed E-state index contributed by atoms with van der Waals surface area (Å²) in [4.78, 5) is 9.76. The highest BCUT2D eigenvalue weighted by Gasteiger charge is 2.06. The Labute approximate surface area is 130 Å². The van der Waals surface area contributed by atoms with Crippen LogP contribution in [0, 0.1) is 0 Å². The average molecular weight is 332 g/mol. The van der Waals surface area contributed by atoms with Crippen LogP contribution in [0.15, 0.2) is 39.3 Å². The Balaban J connectivity index is 2.29. The summed E-state index contributed by atoms with van der Waals surface area (Å²) >= 11 is 14.9. The highest BCUT2D eigenvalue weighted by molar-refractivity contribution is 7.99. The van der Waals surface area contributed by atoms with Crippen LogP contribution in [0.2, 0.25) is 10.0 Å². The molecule has 1 aromatic carbocycles. The zero-order valence-corrected chi connectivity index (χ0v) is 13.4. The van der Waals surface area contributed by atoms with E-state index in [-0.39, 0.29) is 0 Å². The number of thioether (sulfide) groups is 1. The van der Waals surface area contributed by atoms with Crippen molar-refractivity contribution in [2.75, 3.05) is 18.6 Å². The second-order valence-electron chi connectivity index (χ2n) is 3.51. The van der Waals surface area contributed by atoms with Crippen LogP contribution < -0.4 is 5.32 Å². The lowest BCUT2D eigenvalue weighted by Crippen LogP contribution is -1.96. The molecule has 1 N–H and O–H groups in total. The maximum atomic E-state index is 6.00. The molecule has 0 radical (unpaired) electrons. The van der Waals surface area contributed by atoms with Crippen molar-refractivity contribution in [2.45, 2.75) is 15.1 Å². The molecule has 0 spiro atoms. The van der Waals surface area contributed by atoms with E-state index in [0.717, 1.165) is 20.9 Å². The summed E-state index contributed by atoms with van der Waals surface area (Å²) in [6.45, 7) is 0. The minimum Gasteiger partial charge on any atom is -0.373 e. The first-order valence-corrected chi connectivity index (χ1v) is 8.16. The van der Waals surface area contributed by atoms with Crippen molar-refractivity contribution in [3.05, 3.63) is 34.3 Å². The molecule has 0 bridgehead atoms. The number of nitrogens with zero attached hydrogens (tertiary/aromatic N) is 2. The molecule has 1 heterocycles. The summed E-state index contributed by atoms with van der Waals surface area (Å²) in [5.74, 6) is 0.793. The summed E-state index contributed by atoms with van der Waals surface area (Å²) in [6, 6.07) is 7.42. The Kier molecular flexibility index (Phi) is 5.21. The zero-order chi connectivity index (χ0) is 13.8. The minimum absolute atomic E-state index is 0.541. The predicted molar refractivity (Wildman–Crippen MR) is 83.9 cm³/mol. The lowest BCUT2D eigenvalue weighted by atomic mass is 10.4. The molecule has 0 atom stereocenters. The van der Waals surface area contributed by atoms with Gasteiger partial charge in [0, 0.05) is 18.0 Å². The molecule has 0 saturated carbocycles. The fraction of sp³-hybridized carbons (Fsp3) is 0.167. The van der Waals surface area contributed by atoms with Gasteiger partial charge in [-0.1, -0.05) is 46.7 Å². The van der Waals surface area contributed by atoms with E-state index in [1.165, 1.54) is 23.5 Å². The summed E-state index contributed by atoms with van der Waals surface area (Å²) in [6.07, 6.45) is 1.95. The number of benzene rings is 1. The van der Waals surface area contributed by atoms with E-state index in [1.807, 2.05) is 31.5 Å². The predicted octanol–water partition coefficient (Wildman–Crippen LogP) is 4.70. The molecule has 3 nitrogen and oxygen atoms in total. The number of rotatable bonds is 4. The Bertz CT molecular complexity index is 571. The summed E-state index contributed by atoms with van der Waals surface area (Å²) in [7, 11) is 1.83. The first-order chi connectivity index (χ1) is 9.12. The van der Waals surface area contributed by atoms with E-state index in [0.29, 0.717) is 10.0 Å². The van der Waals surface area contributed by atoms with Crippen molar-refractivity contribution >= 4 is 52.5 Å². The van der Waals surface area contributed by atoms with Gasteiger partial charge in [0.05, 0.1) is 10.0 Å². The van der Waals surface area contributed by atoms with Crippen molar-refractivity contribution in [1.82, 2.24) is 9.97 Å². The van der Waals surface area contributed by atoms with Gasteiger partial charge in [-0.2, -0.15) is 0 Å². The Hall–Kier alpha value is -0.620. The molecule has 0 aliphatic carbocycles. The number of hydrogen-bond acceptors (Lipinski definition) is 5. The van der Waals surface area contributed by atoms with Gasteiger partial charge in [0.2, 0.25) is 0 Å². The van der Waals surface area contributed by atoms with Gasteiger partial charge in [0.1, 0.15) is 10.8 Å². The molecule has 19 heavy (non-hydrogen) atoms. The molecule has 0 aliphatic rings. The smallest absolute Gasteiger partial charge is 0.190 e. The maximum Gasteiger partial charge on any atom is 0.190 e. The molecule has 0 fully saturated rings. The lowest BCUT2D eigenvalue weighted by Gasteiger charge is -2.06. The second kappa shape index (κ2) is 6.70. The van der Waals surface area contributed by atoms with Crippen LogP contribution in [0.25, 0.3) is 0 Å². The third-order valence-corrected chi connectivity index (χ3v) is 4.43. The van der Waals surface area contributed by atoms with Crippen LogP contribution in [0.5, 0.6) is 0 Å². The van der Waals surface area contributed by atoms with E-state index in [9.17, 15) is 0 Å². The largest absolute Gasteiger partial charge is 0.373 e. The molecule has 0 amide bonds. The molecule has 0 aliphatic heterocycles. The number of anilines is 1. The third-order valence-electron chi connectivity index (χ3n) is 2.23. The quantitative estimate of drug-likeness (QED) is 0.499. The first-order valence-electron chi connectivity index (χ1n) is 5.36. The van der Waals surface area contributed by atoms with Gasteiger partial charge in [0.15, 0.2) is 5.16 Å². The first kappa shape index (κ1) is 14.8. The molecule has 0 unspecified atom stereocenters. The van der Waals surface area contributed by atoms with Crippen LogP contribution in [-0.2, 0) is 0 Å². The number of nitrogens with one attached hydrogen (secondary N) is 1. The van der Waals surface area contributed by atoms with Crippen molar-refractivity contribution in [3.63, 3.8) is 0 Å². The summed E-state index contributed by atoms with van der Waals surface area (Å²) < 4.78 is 0. The second-order valence-corrected chi connectivity index (χ2v) is 6.19. The highest BCUT2D eigenvalue weighted by atomic mass is 35.5. The fourth-order valence-electron chi connectivity index (χ4n) is 1.34. The Morgan fingerprint density at radius 1 is 1.11 bits per heavy atom. The average Bonchev–Trinajstić information content (AvgIpc) is 2.42. The minimum atomic E-state index is 0.541.